The van der Waals surface area contributed by atoms with Gasteiger partial charge in [0.2, 0.25) is 0 Å². The van der Waals surface area contributed by atoms with Gasteiger partial charge in [-0.2, -0.15) is 0 Å². The van der Waals surface area contributed by atoms with Crippen LogP contribution in [0.4, 0.5) is 0 Å². The van der Waals surface area contributed by atoms with Crippen LogP contribution in [0.1, 0.15) is 52.7 Å². The summed E-state index contributed by atoms with van der Waals surface area (Å²) in [6.45, 7) is 15.1. The molecule has 212 valence electrons. The molecule has 1 atom stereocenters. The fourth-order valence-corrected chi connectivity index (χ4v) is 7.94. The van der Waals surface area contributed by atoms with Gasteiger partial charge in [-0.3, -0.25) is 9.97 Å². The van der Waals surface area contributed by atoms with Crippen LogP contribution < -0.4 is 15.3 Å². The fraction of sp³-hybridized carbons (Fsp3) is 0.243. The average Bonchev–Trinajstić information content (AvgIpc) is 3.19. The highest BCUT2D eigenvalue weighted by Gasteiger charge is 2.37. The van der Waals surface area contributed by atoms with E-state index in [9.17, 15) is 4.57 Å². The molecule has 5 aromatic rings. The van der Waals surface area contributed by atoms with E-state index in [-0.39, 0.29) is 10.8 Å². The van der Waals surface area contributed by atoms with E-state index in [1.807, 2.05) is 67.6 Å². The standard InChI is InChI=1S/C37H37N2O2P/c1-36(2,3)25-15-17-38-31(20-25)24-11-10-12-27(19-24)41-28-22-30(32-21-26(16-18-39-32)37(4,5)6)35-29-13-8-9-14-33(29)42(7,40)34(35)23-28/h8-23H,1-7H3. The molecule has 0 saturated heterocycles. The molecule has 1 aliphatic rings. The predicted molar refractivity (Wildman–Crippen MR) is 175 cm³/mol. The molecule has 4 nitrogen and oxygen atoms in total. The lowest BCUT2D eigenvalue weighted by Crippen LogP contribution is -2.12. The highest BCUT2D eigenvalue weighted by molar-refractivity contribution is 7.79. The van der Waals surface area contributed by atoms with Crippen molar-refractivity contribution in [2.24, 2.45) is 0 Å². The molecule has 0 amide bonds. The molecule has 3 heterocycles. The number of benzene rings is 3. The van der Waals surface area contributed by atoms with Crippen molar-refractivity contribution in [2.75, 3.05) is 6.66 Å². The maximum atomic E-state index is 14.3. The Kier molecular flexibility index (Phi) is 6.74. The number of nitrogens with zero attached hydrogens (tertiary/aromatic N) is 2. The average molecular weight is 573 g/mol. The van der Waals surface area contributed by atoms with Gasteiger partial charge in [0.15, 0.2) is 0 Å². The maximum Gasteiger partial charge on any atom is 0.141 e. The van der Waals surface area contributed by atoms with E-state index in [0.717, 1.165) is 44.3 Å². The first-order valence-electron chi connectivity index (χ1n) is 14.4. The predicted octanol–water partition coefficient (Wildman–Crippen LogP) is 9.12. The third-order valence-corrected chi connectivity index (χ3v) is 10.7. The Bertz CT molecular complexity index is 1880. The first-order valence-corrected chi connectivity index (χ1v) is 16.6. The lowest BCUT2D eigenvalue weighted by molar-refractivity contribution is 0.483. The number of hydrogen-bond donors (Lipinski definition) is 0. The molecule has 1 aliphatic heterocycles. The molecule has 2 aromatic heterocycles. The topological polar surface area (TPSA) is 52.1 Å². The molecular formula is C37H37N2O2P. The van der Waals surface area contributed by atoms with E-state index in [4.69, 9.17) is 9.72 Å². The summed E-state index contributed by atoms with van der Waals surface area (Å²) in [6.07, 6.45) is 3.73. The van der Waals surface area contributed by atoms with Gasteiger partial charge in [0.1, 0.15) is 18.6 Å². The van der Waals surface area contributed by atoms with Crippen LogP contribution in [-0.2, 0) is 15.4 Å². The third kappa shape index (κ3) is 5.10. The Labute approximate surface area is 249 Å². The van der Waals surface area contributed by atoms with Gasteiger partial charge >= 0.3 is 0 Å². The molecule has 1 unspecified atom stereocenters. The molecule has 42 heavy (non-hydrogen) atoms. The molecule has 0 saturated carbocycles. The Balaban J connectivity index is 1.48. The maximum absolute atomic E-state index is 14.3. The second-order valence-corrected chi connectivity index (χ2v) is 16.1. The molecule has 0 spiro atoms. The van der Waals surface area contributed by atoms with Gasteiger partial charge in [-0.1, -0.05) is 77.9 Å². The zero-order valence-electron chi connectivity index (χ0n) is 25.4. The molecule has 5 heteroatoms. The molecule has 0 N–H and O–H groups in total. The minimum absolute atomic E-state index is 0.0244. The van der Waals surface area contributed by atoms with Crippen molar-refractivity contribution < 1.29 is 9.30 Å². The van der Waals surface area contributed by atoms with Gasteiger partial charge < -0.3 is 9.30 Å². The number of ether oxygens (including phenoxy) is 1. The smallest absolute Gasteiger partial charge is 0.141 e. The van der Waals surface area contributed by atoms with Crippen molar-refractivity contribution in [3.63, 3.8) is 0 Å². The molecule has 0 aliphatic carbocycles. The molecule has 6 rings (SSSR count). The first kappa shape index (κ1) is 28.1. The Morgan fingerprint density at radius 1 is 0.619 bits per heavy atom. The molecule has 0 bridgehead atoms. The zero-order chi connectivity index (χ0) is 29.9. The van der Waals surface area contributed by atoms with Crippen molar-refractivity contribution >= 4 is 17.8 Å². The van der Waals surface area contributed by atoms with Crippen molar-refractivity contribution in [1.29, 1.82) is 0 Å². The van der Waals surface area contributed by atoms with Gasteiger partial charge in [0.05, 0.1) is 11.4 Å². The summed E-state index contributed by atoms with van der Waals surface area (Å²) in [7, 11) is -2.84. The van der Waals surface area contributed by atoms with Crippen molar-refractivity contribution in [1.82, 2.24) is 9.97 Å². The van der Waals surface area contributed by atoms with E-state index in [2.05, 4.69) is 82.9 Å². The highest BCUT2D eigenvalue weighted by Crippen LogP contribution is 2.53. The van der Waals surface area contributed by atoms with E-state index in [1.54, 1.807) is 0 Å². The van der Waals surface area contributed by atoms with Gasteiger partial charge in [0, 0.05) is 39.7 Å². The first-order chi connectivity index (χ1) is 19.8. The Morgan fingerprint density at radius 3 is 1.95 bits per heavy atom. The largest absolute Gasteiger partial charge is 0.457 e. The Morgan fingerprint density at radius 2 is 1.26 bits per heavy atom. The summed E-state index contributed by atoms with van der Waals surface area (Å²) in [4.78, 5) is 9.44. The number of rotatable bonds is 4. The van der Waals surface area contributed by atoms with Crippen LogP contribution in [0.3, 0.4) is 0 Å². The van der Waals surface area contributed by atoms with Gasteiger partial charge in [-0.05, 0) is 82.7 Å². The Hall–Kier alpha value is -4.01. The number of fused-ring (bicyclic) bond motifs is 3. The third-order valence-electron chi connectivity index (χ3n) is 8.08. The van der Waals surface area contributed by atoms with Crippen molar-refractivity contribution in [2.45, 2.75) is 52.4 Å². The fourth-order valence-electron chi connectivity index (χ4n) is 5.62. The van der Waals surface area contributed by atoms with E-state index in [0.29, 0.717) is 11.5 Å². The summed E-state index contributed by atoms with van der Waals surface area (Å²) >= 11 is 0. The summed E-state index contributed by atoms with van der Waals surface area (Å²) in [5.74, 6) is 1.33. The SMILES string of the molecule is CC(C)(C)c1ccnc(-c2cccc(Oc3cc(-c4cc(C(C)(C)C)ccn4)c4c(c3)P(C)(=O)c3ccccc3-4)c2)c1. The zero-order valence-corrected chi connectivity index (χ0v) is 26.3. The normalized spacial score (nSPS) is 16.2. The summed E-state index contributed by atoms with van der Waals surface area (Å²) in [6, 6.07) is 28.5. The van der Waals surface area contributed by atoms with Crippen LogP contribution in [0.2, 0.25) is 0 Å². The van der Waals surface area contributed by atoms with Crippen molar-refractivity contribution in [3.05, 3.63) is 108 Å². The summed E-state index contributed by atoms with van der Waals surface area (Å²) in [5, 5.41) is 1.70. The van der Waals surface area contributed by atoms with Crippen LogP contribution in [0.15, 0.2) is 97.3 Å². The van der Waals surface area contributed by atoms with Crippen LogP contribution >= 0.6 is 7.14 Å². The number of pyridine rings is 2. The lowest BCUT2D eigenvalue weighted by atomic mass is 9.86. The monoisotopic (exact) mass is 572 g/mol. The summed E-state index contributed by atoms with van der Waals surface area (Å²) < 4.78 is 20.9. The van der Waals surface area contributed by atoms with E-state index in [1.165, 1.54) is 11.1 Å². The molecule has 0 radical (unpaired) electrons. The number of aromatic nitrogens is 2. The minimum atomic E-state index is -2.84. The molecule has 3 aromatic carbocycles. The highest BCUT2D eigenvalue weighted by atomic mass is 31.2. The van der Waals surface area contributed by atoms with Crippen LogP contribution in [0.5, 0.6) is 11.5 Å². The van der Waals surface area contributed by atoms with Gasteiger partial charge in [-0.15, -0.1) is 0 Å². The van der Waals surface area contributed by atoms with Crippen LogP contribution in [-0.4, -0.2) is 16.6 Å². The minimum Gasteiger partial charge on any atom is -0.457 e. The van der Waals surface area contributed by atoms with E-state index < -0.39 is 7.14 Å². The molecule has 0 fully saturated rings. The van der Waals surface area contributed by atoms with Gasteiger partial charge in [0.25, 0.3) is 0 Å². The summed E-state index contributed by atoms with van der Waals surface area (Å²) in [5.41, 5.74) is 8.05. The van der Waals surface area contributed by atoms with Crippen molar-refractivity contribution in [3.8, 4) is 45.1 Å². The quantitative estimate of drug-likeness (QED) is 0.202. The van der Waals surface area contributed by atoms with Crippen LogP contribution in [0, 0.1) is 0 Å². The lowest BCUT2D eigenvalue weighted by Gasteiger charge is -2.20. The second kappa shape index (κ2) is 10.1. The number of hydrogen-bond acceptors (Lipinski definition) is 4. The van der Waals surface area contributed by atoms with E-state index >= 15 is 0 Å². The van der Waals surface area contributed by atoms with Crippen LogP contribution in [0.25, 0.3) is 33.6 Å². The molecular weight excluding hydrogens is 535 g/mol. The van der Waals surface area contributed by atoms with Gasteiger partial charge in [-0.25, -0.2) is 0 Å². The second-order valence-electron chi connectivity index (χ2n) is 13.3.